The third-order valence-corrected chi connectivity index (χ3v) is 2.82. The van der Waals surface area contributed by atoms with E-state index < -0.39 is 0 Å². The predicted molar refractivity (Wildman–Crippen MR) is 62.5 cm³/mol. The molecule has 88 valence electrons. The van der Waals surface area contributed by atoms with Gasteiger partial charge >= 0.3 is 0 Å². The van der Waals surface area contributed by atoms with Crippen molar-refractivity contribution >= 4 is 5.91 Å². The summed E-state index contributed by atoms with van der Waals surface area (Å²) in [5, 5.41) is 11.4. The molecule has 1 aliphatic rings. The highest BCUT2D eigenvalue weighted by molar-refractivity contribution is 5.85. The molecule has 0 aromatic heterocycles. The standard InChI is InChI=1S/C13H14N2O2/c1-9(6-14)7-15-13(16)11-8-17-12-5-3-2-4-10(11)12/h2-5,9,11H,7-8H2,1H3,(H,15,16). The molecule has 1 amide bonds. The number of hydrogen-bond acceptors (Lipinski definition) is 3. The van der Waals surface area contributed by atoms with Gasteiger partial charge < -0.3 is 10.1 Å². The Kier molecular flexibility index (Phi) is 3.29. The minimum Gasteiger partial charge on any atom is -0.492 e. The lowest BCUT2D eigenvalue weighted by Crippen LogP contribution is -2.33. The van der Waals surface area contributed by atoms with Gasteiger partial charge in [-0.2, -0.15) is 5.26 Å². The van der Waals surface area contributed by atoms with Crippen LogP contribution in [0.2, 0.25) is 0 Å². The maximum atomic E-state index is 11.9. The van der Waals surface area contributed by atoms with Crippen LogP contribution in [0.5, 0.6) is 5.75 Å². The van der Waals surface area contributed by atoms with E-state index in [9.17, 15) is 4.79 Å². The molecule has 0 aliphatic carbocycles. The van der Waals surface area contributed by atoms with Crippen LogP contribution in [0.15, 0.2) is 24.3 Å². The lowest BCUT2D eigenvalue weighted by molar-refractivity contribution is -0.122. The SMILES string of the molecule is CC(C#N)CNC(=O)C1COc2ccccc21. The number of fused-ring (bicyclic) bond motifs is 1. The Morgan fingerprint density at radius 3 is 3.18 bits per heavy atom. The van der Waals surface area contributed by atoms with E-state index >= 15 is 0 Å². The van der Waals surface area contributed by atoms with Crippen LogP contribution in [0.3, 0.4) is 0 Å². The lowest BCUT2D eigenvalue weighted by atomic mass is 10.0. The smallest absolute Gasteiger partial charge is 0.231 e. The first-order valence-corrected chi connectivity index (χ1v) is 5.61. The number of hydrogen-bond donors (Lipinski definition) is 1. The molecule has 2 atom stereocenters. The molecule has 17 heavy (non-hydrogen) atoms. The number of carbonyl (C=O) groups excluding carboxylic acids is 1. The Balaban J connectivity index is 2.01. The van der Waals surface area contributed by atoms with E-state index in [1.165, 1.54) is 0 Å². The predicted octanol–water partition coefficient (Wildman–Crippen LogP) is 1.44. The number of amides is 1. The van der Waals surface area contributed by atoms with E-state index in [-0.39, 0.29) is 17.7 Å². The van der Waals surface area contributed by atoms with Gasteiger partial charge in [0.2, 0.25) is 5.91 Å². The molecule has 1 aromatic carbocycles. The minimum absolute atomic E-state index is 0.0722. The van der Waals surface area contributed by atoms with E-state index in [2.05, 4.69) is 11.4 Å². The van der Waals surface area contributed by atoms with Gasteiger partial charge in [0.05, 0.1) is 12.0 Å². The molecule has 1 aliphatic heterocycles. The van der Waals surface area contributed by atoms with E-state index in [0.29, 0.717) is 13.2 Å². The normalized spacial score (nSPS) is 18.7. The zero-order chi connectivity index (χ0) is 12.3. The Hall–Kier alpha value is -2.02. The molecule has 2 rings (SSSR count). The van der Waals surface area contributed by atoms with Crippen molar-refractivity contribution in [1.82, 2.24) is 5.32 Å². The molecule has 1 heterocycles. The molecule has 0 saturated carbocycles. The zero-order valence-corrected chi connectivity index (χ0v) is 9.64. The highest BCUT2D eigenvalue weighted by Crippen LogP contribution is 2.33. The van der Waals surface area contributed by atoms with Crippen LogP contribution in [-0.4, -0.2) is 19.1 Å². The molecule has 0 fully saturated rings. The summed E-state index contributed by atoms with van der Waals surface area (Å²) in [5.41, 5.74) is 0.926. The van der Waals surface area contributed by atoms with Gasteiger partial charge in [-0.15, -0.1) is 0 Å². The maximum Gasteiger partial charge on any atom is 0.231 e. The van der Waals surface area contributed by atoms with Gasteiger partial charge in [-0.25, -0.2) is 0 Å². The summed E-state index contributed by atoms with van der Waals surface area (Å²) < 4.78 is 5.44. The largest absolute Gasteiger partial charge is 0.492 e. The highest BCUT2D eigenvalue weighted by atomic mass is 16.5. The average Bonchev–Trinajstić information content (AvgIpc) is 2.79. The molecule has 0 radical (unpaired) electrons. The number of nitrogens with zero attached hydrogens (tertiary/aromatic N) is 1. The molecule has 1 aromatic rings. The van der Waals surface area contributed by atoms with Gasteiger partial charge in [-0.3, -0.25) is 4.79 Å². The summed E-state index contributed by atoms with van der Waals surface area (Å²) in [4.78, 5) is 11.9. The molecule has 0 bridgehead atoms. The van der Waals surface area contributed by atoms with Crippen molar-refractivity contribution in [2.24, 2.45) is 5.92 Å². The third-order valence-electron chi connectivity index (χ3n) is 2.82. The summed E-state index contributed by atoms with van der Waals surface area (Å²) in [6, 6.07) is 9.63. The number of nitriles is 1. The summed E-state index contributed by atoms with van der Waals surface area (Å²) in [6.07, 6.45) is 0. The van der Waals surface area contributed by atoms with Crippen molar-refractivity contribution < 1.29 is 9.53 Å². The fraction of sp³-hybridized carbons (Fsp3) is 0.385. The monoisotopic (exact) mass is 230 g/mol. The van der Waals surface area contributed by atoms with Crippen LogP contribution in [0.25, 0.3) is 0 Å². The molecular formula is C13H14N2O2. The number of para-hydroxylation sites is 1. The molecular weight excluding hydrogens is 216 g/mol. The number of benzene rings is 1. The van der Waals surface area contributed by atoms with Crippen LogP contribution >= 0.6 is 0 Å². The second kappa shape index (κ2) is 4.88. The summed E-state index contributed by atoms with van der Waals surface area (Å²) in [7, 11) is 0. The van der Waals surface area contributed by atoms with E-state index in [1.807, 2.05) is 24.3 Å². The van der Waals surface area contributed by atoms with Crippen LogP contribution in [0.4, 0.5) is 0 Å². The fourth-order valence-corrected chi connectivity index (χ4v) is 1.80. The van der Waals surface area contributed by atoms with Crippen LogP contribution in [0, 0.1) is 17.2 Å². The van der Waals surface area contributed by atoms with Crippen molar-refractivity contribution in [3.63, 3.8) is 0 Å². The second-order valence-corrected chi connectivity index (χ2v) is 4.18. The molecule has 1 N–H and O–H groups in total. The van der Waals surface area contributed by atoms with Gasteiger partial charge in [0.1, 0.15) is 18.3 Å². The Labute approximate surface area is 100 Å². The van der Waals surface area contributed by atoms with Crippen LogP contribution < -0.4 is 10.1 Å². The van der Waals surface area contributed by atoms with Gasteiger partial charge in [0.15, 0.2) is 0 Å². The van der Waals surface area contributed by atoms with Crippen molar-refractivity contribution in [1.29, 1.82) is 5.26 Å². The topological polar surface area (TPSA) is 62.1 Å². The lowest BCUT2D eigenvalue weighted by Gasteiger charge is -2.10. The summed E-state index contributed by atoms with van der Waals surface area (Å²) in [5.74, 6) is 0.284. The van der Waals surface area contributed by atoms with Gasteiger partial charge in [-0.05, 0) is 13.0 Å². The average molecular weight is 230 g/mol. The molecule has 0 spiro atoms. The molecule has 4 nitrogen and oxygen atoms in total. The summed E-state index contributed by atoms with van der Waals surface area (Å²) >= 11 is 0. The molecule has 4 heteroatoms. The zero-order valence-electron chi connectivity index (χ0n) is 9.64. The number of carbonyl (C=O) groups is 1. The first-order chi connectivity index (χ1) is 8.22. The van der Waals surface area contributed by atoms with Crippen molar-refractivity contribution in [2.75, 3.05) is 13.2 Å². The fourth-order valence-electron chi connectivity index (χ4n) is 1.80. The maximum absolute atomic E-state index is 11.9. The van der Waals surface area contributed by atoms with E-state index in [1.54, 1.807) is 6.92 Å². The van der Waals surface area contributed by atoms with Crippen molar-refractivity contribution in [3.8, 4) is 11.8 Å². The Morgan fingerprint density at radius 2 is 2.41 bits per heavy atom. The highest BCUT2D eigenvalue weighted by Gasteiger charge is 2.29. The number of nitrogens with one attached hydrogen (secondary N) is 1. The minimum atomic E-state index is -0.253. The van der Waals surface area contributed by atoms with Gasteiger partial charge in [0, 0.05) is 12.1 Å². The summed E-state index contributed by atoms with van der Waals surface area (Å²) in [6.45, 7) is 2.54. The Morgan fingerprint density at radius 1 is 1.65 bits per heavy atom. The Bertz CT molecular complexity index is 465. The van der Waals surface area contributed by atoms with E-state index in [0.717, 1.165) is 11.3 Å². The number of ether oxygens (including phenoxy) is 1. The van der Waals surface area contributed by atoms with Gasteiger partial charge in [0.25, 0.3) is 0 Å². The third kappa shape index (κ3) is 2.39. The van der Waals surface area contributed by atoms with Crippen molar-refractivity contribution in [3.05, 3.63) is 29.8 Å². The van der Waals surface area contributed by atoms with Crippen LogP contribution in [-0.2, 0) is 4.79 Å². The quantitative estimate of drug-likeness (QED) is 0.854. The van der Waals surface area contributed by atoms with E-state index in [4.69, 9.17) is 10.00 Å². The van der Waals surface area contributed by atoms with Gasteiger partial charge in [-0.1, -0.05) is 18.2 Å². The molecule has 0 saturated heterocycles. The second-order valence-electron chi connectivity index (χ2n) is 4.18. The van der Waals surface area contributed by atoms with Crippen LogP contribution in [0.1, 0.15) is 18.4 Å². The number of rotatable bonds is 3. The first kappa shape index (κ1) is 11.5. The first-order valence-electron chi connectivity index (χ1n) is 5.61. The van der Waals surface area contributed by atoms with Crippen molar-refractivity contribution in [2.45, 2.75) is 12.8 Å². The molecule has 2 unspecified atom stereocenters.